The molecular weight excluding hydrogens is 368 g/mol. The highest BCUT2D eigenvalue weighted by Gasteiger charge is 2.32. The van der Waals surface area contributed by atoms with Gasteiger partial charge in [-0.1, -0.05) is 57.2 Å². The molecule has 0 N–H and O–H groups in total. The zero-order chi connectivity index (χ0) is 19.7. The average molecular weight is 395 g/mol. The number of morpholine rings is 1. The number of ether oxygens (including phenoxy) is 1. The van der Waals surface area contributed by atoms with E-state index in [4.69, 9.17) is 9.72 Å². The minimum atomic E-state index is -0.359. The van der Waals surface area contributed by atoms with E-state index in [9.17, 15) is 4.79 Å². The molecule has 1 atom stereocenters. The summed E-state index contributed by atoms with van der Waals surface area (Å²) in [6.45, 7) is 9.33. The number of hydrogen-bond acceptors (Lipinski definition) is 5. The fourth-order valence-electron chi connectivity index (χ4n) is 3.57. The molecule has 146 valence electrons. The number of para-hydroxylation sites is 1. The first kappa shape index (κ1) is 19.2. The molecule has 0 radical (unpaired) electrons. The Morgan fingerprint density at radius 1 is 1.07 bits per heavy atom. The molecule has 2 heterocycles. The number of carbonyl (C=O) groups excluding carboxylic acids is 1. The number of fused-ring (bicyclic) bond motifs is 1. The van der Waals surface area contributed by atoms with Gasteiger partial charge >= 0.3 is 0 Å². The lowest BCUT2D eigenvalue weighted by molar-refractivity contribution is 0.0172. The SMILES string of the molecule is CC(C)(C)c1ccc(C(=O)C(c2nc3ccccc3s2)N2CCOCC2)cc1. The summed E-state index contributed by atoms with van der Waals surface area (Å²) in [6.07, 6.45) is 0. The summed E-state index contributed by atoms with van der Waals surface area (Å²) >= 11 is 1.62. The molecule has 1 saturated heterocycles. The van der Waals surface area contributed by atoms with E-state index in [-0.39, 0.29) is 17.2 Å². The van der Waals surface area contributed by atoms with E-state index >= 15 is 0 Å². The smallest absolute Gasteiger partial charge is 0.186 e. The summed E-state index contributed by atoms with van der Waals surface area (Å²) in [4.78, 5) is 20.6. The summed E-state index contributed by atoms with van der Waals surface area (Å²) in [7, 11) is 0. The first-order chi connectivity index (χ1) is 13.4. The number of Topliss-reactive ketones (excluding diaryl/α,β-unsaturated/α-hetero) is 1. The topological polar surface area (TPSA) is 42.4 Å². The van der Waals surface area contributed by atoms with Crippen LogP contribution in [-0.2, 0) is 10.2 Å². The van der Waals surface area contributed by atoms with Crippen molar-refractivity contribution in [1.82, 2.24) is 9.88 Å². The van der Waals surface area contributed by atoms with E-state index < -0.39 is 0 Å². The Morgan fingerprint density at radius 3 is 2.39 bits per heavy atom. The fourth-order valence-corrected chi connectivity index (χ4v) is 4.67. The van der Waals surface area contributed by atoms with Crippen molar-refractivity contribution in [2.75, 3.05) is 26.3 Å². The molecule has 3 aromatic rings. The van der Waals surface area contributed by atoms with Gasteiger partial charge in [0.1, 0.15) is 11.0 Å². The zero-order valence-corrected chi connectivity index (χ0v) is 17.5. The van der Waals surface area contributed by atoms with E-state index in [1.54, 1.807) is 11.3 Å². The molecule has 0 saturated carbocycles. The summed E-state index contributed by atoms with van der Waals surface area (Å²) < 4.78 is 6.63. The lowest BCUT2D eigenvalue weighted by Crippen LogP contribution is -2.42. The molecule has 4 rings (SSSR count). The van der Waals surface area contributed by atoms with Crippen molar-refractivity contribution in [3.05, 3.63) is 64.7 Å². The third kappa shape index (κ3) is 3.88. The summed E-state index contributed by atoms with van der Waals surface area (Å²) in [5, 5.41) is 0.869. The average Bonchev–Trinajstić information content (AvgIpc) is 3.12. The van der Waals surface area contributed by atoms with Crippen LogP contribution in [0, 0.1) is 0 Å². The summed E-state index contributed by atoms with van der Waals surface area (Å²) in [5.41, 5.74) is 2.99. The van der Waals surface area contributed by atoms with Gasteiger partial charge in [-0.05, 0) is 23.1 Å². The predicted molar refractivity (Wildman–Crippen MR) is 114 cm³/mol. The highest BCUT2D eigenvalue weighted by molar-refractivity contribution is 7.18. The number of nitrogens with zero attached hydrogens (tertiary/aromatic N) is 2. The molecule has 28 heavy (non-hydrogen) atoms. The van der Waals surface area contributed by atoms with Crippen LogP contribution < -0.4 is 0 Å². The normalized spacial score (nSPS) is 17.0. The minimum absolute atomic E-state index is 0.0677. The number of benzene rings is 2. The first-order valence-electron chi connectivity index (χ1n) is 9.75. The maximum absolute atomic E-state index is 13.6. The van der Waals surface area contributed by atoms with Gasteiger partial charge in [-0.15, -0.1) is 11.3 Å². The van der Waals surface area contributed by atoms with Crippen molar-refractivity contribution in [1.29, 1.82) is 0 Å². The Hall–Kier alpha value is -2.08. The van der Waals surface area contributed by atoms with Crippen molar-refractivity contribution in [3.8, 4) is 0 Å². The number of carbonyl (C=O) groups is 1. The lowest BCUT2D eigenvalue weighted by atomic mass is 9.86. The largest absolute Gasteiger partial charge is 0.379 e. The van der Waals surface area contributed by atoms with Crippen LogP contribution in [0.25, 0.3) is 10.2 Å². The number of aromatic nitrogens is 1. The molecule has 0 aliphatic carbocycles. The Labute approximate surface area is 170 Å². The van der Waals surface area contributed by atoms with Gasteiger partial charge in [0.05, 0.1) is 23.4 Å². The van der Waals surface area contributed by atoms with Gasteiger partial charge < -0.3 is 4.74 Å². The van der Waals surface area contributed by atoms with Gasteiger partial charge in [-0.25, -0.2) is 4.98 Å². The van der Waals surface area contributed by atoms with Crippen LogP contribution >= 0.6 is 11.3 Å². The van der Waals surface area contributed by atoms with E-state index in [1.165, 1.54) is 5.56 Å². The van der Waals surface area contributed by atoms with Crippen LogP contribution in [-0.4, -0.2) is 42.0 Å². The Kier molecular flexibility index (Phi) is 5.32. The van der Waals surface area contributed by atoms with Gasteiger partial charge in [0.15, 0.2) is 5.78 Å². The van der Waals surface area contributed by atoms with Crippen LogP contribution in [0.4, 0.5) is 0 Å². The van der Waals surface area contributed by atoms with E-state index in [2.05, 4.69) is 43.9 Å². The lowest BCUT2D eigenvalue weighted by Gasteiger charge is -2.32. The Morgan fingerprint density at radius 2 is 1.75 bits per heavy atom. The maximum Gasteiger partial charge on any atom is 0.186 e. The van der Waals surface area contributed by atoms with Gasteiger partial charge in [-0.3, -0.25) is 9.69 Å². The second-order valence-corrected chi connectivity index (χ2v) is 9.32. The van der Waals surface area contributed by atoms with Gasteiger partial charge in [0, 0.05) is 18.7 Å². The molecule has 2 aromatic carbocycles. The quantitative estimate of drug-likeness (QED) is 0.593. The van der Waals surface area contributed by atoms with Crippen molar-refractivity contribution in [2.24, 2.45) is 0 Å². The maximum atomic E-state index is 13.6. The van der Waals surface area contributed by atoms with Crippen LogP contribution in [0.3, 0.4) is 0 Å². The van der Waals surface area contributed by atoms with Gasteiger partial charge in [0.2, 0.25) is 0 Å². The van der Waals surface area contributed by atoms with Gasteiger partial charge in [0.25, 0.3) is 0 Å². The minimum Gasteiger partial charge on any atom is -0.379 e. The van der Waals surface area contributed by atoms with E-state index in [0.717, 1.165) is 33.9 Å². The number of rotatable bonds is 4. The summed E-state index contributed by atoms with van der Waals surface area (Å²) in [6, 6.07) is 15.8. The third-order valence-electron chi connectivity index (χ3n) is 5.24. The van der Waals surface area contributed by atoms with Crippen molar-refractivity contribution >= 4 is 27.3 Å². The number of hydrogen-bond donors (Lipinski definition) is 0. The van der Waals surface area contributed by atoms with Gasteiger partial charge in [-0.2, -0.15) is 0 Å². The third-order valence-corrected chi connectivity index (χ3v) is 6.33. The Balaban J connectivity index is 1.71. The monoisotopic (exact) mass is 394 g/mol. The zero-order valence-electron chi connectivity index (χ0n) is 16.6. The predicted octanol–water partition coefficient (Wildman–Crippen LogP) is 4.85. The standard InChI is InChI=1S/C23H26N2O2S/c1-23(2,3)17-10-8-16(9-11-17)21(26)20(25-12-14-27-15-13-25)22-24-18-6-4-5-7-19(18)28-22/h4-11,20H,12-15H2,1-3H3. The molecule has 1 aliphatic heterocycles. The molecule has 0 bridgehead atoms. The van der Waals surface area contributed by atoms with Crippen LogP contribution in [0.1, 0.15) is 47.7 Å². The van der Waals surface area contributed by atoms with Crippen LogP contribution in [0.2, 0.25) is 0 Å². The molecule has 0 spiro atoms. The van der Waals surface area contributed by atoms with Crippen molar-refractivity contribution in [2.45, 2.75) is 32.2 Å². The fraction of sp³-hybridized carbons (Fsp3) is 0.391. The molecule has 1 unspecified atom stereocenters. The van der Waals surface area contributed by atoms with Crippen LogP contribution in [0.15, 0.2) is 48.5 Å². The van der Waals surface area contributed by atoms with Crippen molar-refractivity contribution < 1.29 is 9.53 Å². The number of thiazole rings is 1. The summed E-state index contributed by atoms with van der Waals surface area (Å²) in [5.74, 6) is 0.112. The Bertz CT molecular complexity index is 933. The molecule has 1 aromatic heterocycles. The van der Waals surface area contributed by atoms with Crippen molar-refractivity contribution in [3.63, 3.8) is 0 Å². The molecule has 1 fully saturated rings. The van der Waals surface area contributed by atoms with Crippen LogP contribution in [0.5, 0.6) is 0 Å². The molecular formula is C23H26N2O2S. The highest BCUT2D eigenvalue weighted by Crippen LogP contribution is 2.33. The van der Waals surface area contributed by atoms with E-state index in [0.29, 0.717) is 13.2 Å². The second-order valence-electron chi connectivity index (χ2n) is 8.26. The second kappa shape index (κ2) is 7.74. The molecule has 5 heteroatoms. The van der Waals surface area contributed by atoms with E-state index in [1.807, 2.05) is 30.3 Å². The first-order valence-corrected chi connectivity index (χ1v) is 10.6. The number of ketones is 1. The molecule has 1 aliphatic rings. The molecule has 0 amide bonds. The molecule has 4 nitrogen and oxygen atoms in total. The highest BCUT2D eigenvalue weighted by atomic mass is 32.1.